The van der Waals surface area contributed by atoms with Crippen molar-refractivity contribution in [3.8, 4) is 0 Å². The first-order chi connectivity index (χ1) is 9.58. The van der Waals surface area contributed by atoms with Crippen LogP contribution in [0.3, 0.4) is 0 Å². The number of hydrogen-bond donors (Lipinski definition) is 1. The molecule has 0 saturated carbocycles. The molecule has 0 aliphatic heterocycles. The fourth-order valence-corrected chi connectivity index (χ4v) is 3.41. The van der Waals surface area contributed by atoms with E-state index in [2.05, 4.69) is 46.9 Å². The second-order valence-electron chi connectivity index (χ2n) is 7.44. The third-order valence-corrected chi connectivity index (χ3v) is 4.24. The van der Waals surface area contributed by atoms with E-state index >= 15 is 0 Å². The highest BCUT2D eigenvalue weighted by Crippen LogP contribution is 2.38. The van der Waals surface area contributed by atoms with E-state index in [0.29, 0.717) is 6.61 Å². The molecule has 1 aromatic rings. The van der Waals surface area contributed by atoms with Gasteiger partial charge in [0.2, 0.25) is 0 Å². The first-order valence-electron chi connectivity index (χ1n) is 7.33. The van der Waals surface area contributed by atoms with Gasteiger partial charge >= 0.3 is 0 Å². The SMILES string of the molecule is COCc1nc(C(OC)C(C)(C)C)sc1CNC(C)(C)C. The lowest BCUT2D eigenvalue weighted by Crippen LogP contribution is -2.35. The predicted octanol–water partition coefficient (Wildman–Crippen LogP) is 3.91. The molecule has 0 amide bonds. The van der Waals surface area contributed by atoms with E-state index in [1.54, 1.807) is 25.6 Å². The first-order valence-corrected chi connectivity index (χ1v) is 8.15. The van der Waals surface area contributed by atoms with Crippen LogP contribution in [-0.4, -0.2) is 24.7 Å². The second kappa shape index (κ2) is 7.18. The van der Waals surface area contributed by atoms with E-state index in [4.69, 9.17) is 14.5 Å². The predicted molar refractivity (Wildman–Crippen MR) is 88.6 cm³/mol. The molecule has 0 aliphatic rings. The van der Waals surface area contributed by atoms with Crippen molar-refractivity contribution in [2.24, 2.45) is 5.41 Å². The van der Waals surface area contributed by atoms with Gasteiger partial charge in [-0.2, -0.15) is 0 Å². The Morgan fingerprint density at radius 2 is 1.76 bits per heavy atom. The van der Waals surface area contributed by atoms with Crippen LogP contribution in [0.15, 0.2) is 0 Å². The Morgan fingerprint density at radius 3 is 2.19 bits per heavy atom. The lowest BCUT2D eigenvalue weighted by Gasteiger charge is -2.27. The Hall–Kier alpha value is -0.490. The molecule has 0 saturated heterocycles. The van der Waals surface area contributed by atoms with Crippen LogP contribution in [-0.2, 0) is 22.6 Å². The molecule has 0 aromatic carbocycles. The smallest absolute Gasteiger partial charge is 0.123 e. The highest BCUT2D eigenvalue weighted by Gasteiger charge is 2.30. The van der Waals surface area contributed by atoms with Gasteiger partial charge in [-0.1, -0.05) is 20.8 Å². The van der Waals surface area contributed by atoms with Gasteiger partial charge < -0.3 is 14.8 Å². The molecular weight excluding hydrogens is 284 g/mol. The van der Waals surface area contributed by atoms with Crippen LogP contribution in [0.25, 0.3) is 0 Å². The van der Waals surface area contributed by atoms with Crippen molar-refractivity contribution in [2.45, 2.75) is 66.3 Å². The second-order valence-corrected chi connectivity index (χ2v) is 8.56. The van der Waals surface area contributed by atoms with E-state index in [1.165, 1.54) is 4.88 Å². The molecule has 0 fully saturated rings. The lowest BCUT2D eigenvalue weighted by atomic mass is 9.89. The number of rotatable bonds is 6. The maximum absolute atomic E-state index is 5.68. The number of ether oxygens (including phenoxy) is 2. The topological polar surface area (TPSA) is 43.4 Å². The molecular formula is C16H30N2O2S. The molecule has 1 N–H and O–H groups in total. The van der Waals surface area contributed by atoms with E-state index < -0.39 is 0 Å². The number of thiazole rings is 1. The van der Waals surface area contributed by atoms with E-state index in [1.807, 2.05) is 0 Å². The van der Waals surface area contributed by atoms with Crippen LogP contribution in [0.1, 0.15) is 63.2 Å². The Bertz CT molecular complexity index is 444. The summed E-state index contributed by atoms with van der Waals surface area (Å²) in [5.41, 5.74) is 1.12. The first kappa shape index (κ1) is 18.6. The average Bonchev–Trinajstić information content (AvgIpc) is 2.68. The Balaban J connectivity index is 3.03. The fraction of sp³-hybridized carbons (Fsp3) is 0.812. The molecule has 1 atom stereocenters. The van der Waals surface area contributed by atoms with Gasteiger partial charge in [-0.15, -0.1) is 11.3 Å². The molecule has 4 nitrogen and oxygen atoms in total. The maximum atomic E-state index is 5.68. The molecule has 0 spiro atoms. The van der Waals surface area contributed by atoms with Crippen molar-refractivity contribution in [3.63, 3.8) is 0 Å². The lowest BCUT2D eigenvalue weighted by molar-refractivity contribution is 0.0148. The summed E-state index contributed by atoms with van der Waals surface area (Å²) in [6.07, 6.45) is 0.00138. The van der Waals surface area contributed by atoms with Crippen molar-refractivity contribution < 1.29 is 9.47 Å². The molecule has 1 heterocycles. The van der Waals surface area contributed by atoms with Gasteiger partial charge in [0.05, 0.1) is 12.3 Å². The minimum absolute atomic E-state index is 0.00138. The molecule has 1 rings (SSSR count). The van der Waals surface area contributed by atoms with Crippen molar-refractivity contribution in [3.05, 3.63) is 15.6 Å². The normalized spacial score (nSPS) is 14.5. The van der Waals surface area contributed by atoms with Crippen molar-refractivity contribution in [1.29, 1.82) is 0 Å². The molecule has 0 radical (unpaired) electrons. The zero-order chi connectivity index (χ0) is 16.3. The standard InChI is InChI=1S/C16H30N2O2S/c1-15(2,3)13(20-8)14-18-11(10-19-7)12(21-14)9-17-16(4,5)6/h13,17H,9-10H2,1-8H3. The quantitative estimate of drug-likeness (QED) is 0.864. The summed E-state index contributed by atoms with van der Waals surface area (Å²) in [7, 11) is 3.46. The summed E-state index contributed by atoms with van der Waals surface area (Å²) < 4.78 is 11.0. The van der Waals surface area contributed by atoms with Gasteiger partial charge in [0, 0.05) is 31.2 Å². The zero-order valence-electron chi connectivity index (χ0n) is 14.7. The molecule has 0 bridgehead atoms. The van der Waals surface area contributed by atoms with Gasteiger partial charge in [-0.05, 0) is 26.2 Å². The Kier molecular flexibility index (Phi) is 6.35. The summed E-state index contributed by atoms with van der Waals surface area (Å²) >= 11 is 1.72. The monoisotopic (exact) mass is 314 g/mol. The third-order valence-electron chi connectivity index (χ3n) is 3.10. The number of hydrogen-bond acceptors (Lipinski definition) is 5. The minimum Gasteiger partial charge on any atom is -0.378 e. The van der Waals surface area contributed by atoms with Crippen LogP contribution in [0.5, 0.6) is 0 Å². The molecule has 1 unspecified atom stereocenters. The van der Waals surface area contributed by atoms with E-state index in [-0.39, 0.29) is 17.1 Å². The minimum atomic E-state index is 0.00138. The van der Waals surface area contributed by atoms with Crippen molar-refractivity contribution >= 4 is 11.3 Å². The number of methoxy groups -OCH3 is 2. The fourth-order valence-electron chi connectivity index (χ4n) is 2.07. The summed E-state index contributed by atoms with van der Waals surface area (Å²) in [5.74, 6) is 0. The summed E-state index contributed by atoms with van der Waals surface area (Å²) in [4.78, 5) is 6.00. The highest BCUT2D eigenvalue weighted by atomic mass is 32.1. The molecule has 5 heteroatoms. The number of nitrogens with one attached hydrogen (secondary N) is 1. The van der Waals surface area contributed by atoms with Gasteiger partial charge in [0.25, 0.3) is 0 Å². The highest BCUT2D eigenvalue weighted by molar-refractivity contribution is 7.11. The van der Waals surface area contributed by atoms with Crippen LogP contribution in [0.2, 0.25) is 0 Å². The van der Waals surface area contributed by atoms with Gasteiger partial charge in [0.1, 0.15) is 11.1 Å². The molecule has 122 valence electrons. The van der Waals surface area contributed by atoms with Crippen LogP contribution in [0, 0.1) is 5.41 Å². The summed E-state index contributed by atoms with van der Waals surface area (Å²) in [6, 6.07) is 0. The van der Waals surface area contributed by atoms with Gasteiger partial charge in [0.15, 0.2) is 0 Å². The molecule has 0 aliphatic carbocycles. The van der Waals surface area contributed by atoms with Gasteiger partial charge in [-0.25, -0.2) is 4.98 Å². The maximum Gasteiger partial charge on any atom is 0.123 e. The largest absolute Gasteiger partial charge is 0.378 e. The number of nitrogens with zero attached hydrogens (tertiary/aromatic N) is 1. The Morgan fingerprint density at radius 1 is 1.14 bits per heavy atom. The average molecular weight is 314 g/mol. The third kappa shape index (κ3) is 5.66. The number of aromatic nitrogens is 1. The van der Waals surface area contributed by atoms with Crippen LogP contribution in [0.4, 0.5) is 0 Å². The van der Waals surface area contributed by atoms with E-state index in [9.17, 15) is 0 Å². The van der Waals surface area contributed by atoms with Crippen LogP contribution < -0.4 is 5.32 Å². The van der Waals surface area contributed by atoms with Crippen molar-refractivity contribution in [2.75, 3.05) is 14.2 Å². The summed E-state index contributed by atoms with van der Waals surface area (Å²) in [6.45, 7) is 14.4. The van der Waals surface area contributed by atoms with Crippen LogP contribution >= 0.6 is 11.3 Å². The molecule has 21 heavy (non-hydrogen) atoms. The van der Waals surface area contributed by atoms with Gasteiger partial charge in [-0.3, -0.25) is 0 Å². The van der Waals surface area contributed by atoms with Crippen molar-refractivity contribution in [1.82, 2.24) is 10.3 Å². The summed E-state index contributed by atoms with van der Waals surface area (Å²) in [5, 5.41) is 4.55. The zero-order valence-corrected chi connectivity index (χ0v) is 15.5. The molecule has 1 aromatic heterocycles. The Labute approximate surface area is 133 Å². The van der Waals surface area contributed by atoms with E-state index in [0.717, 1.165) is 17.2 Å².